The number of carbonyl (C=O) groups excluding carboxylic acids is 2. The van der Waals surface area contributed by atoms with Gasteiger partial charge in [0.2, 0.25) is 5.91 Å². The number of nitrogens with one attached hydrogen (secondary N) is 2. The summed E-state index contributed by atoms with van der Waals surface area (Å²) in [5.74, 6) is -1.87. The Morgan fingerprint density at radius 2 is 1.79 bits per heavy atom. The van der Waals surface area contributed by atoms with Crippen LogP contribution in [-0.4, -0.2) is 38.7 Å². The number of carbonyl (C=O) groups is 2. The first-order valence-electron chi connectivity index (χ1n) is 8.74. The molecule has 2 aromatic carbocycles. The quantitative estimate of drug-likeness (QED) is 0.609. The Balaban J connectivity index is 1.69. The summed E-state index contributed by atoms with van der Waals surface area (Å²) in [5.41, 5.74) is 0.389. The van der Waals surface area contributed by atoms with Crippen molar-refractivity contribution in [3.05, 3.63) is 59.7 Å². The second-order valence-electron chi connectivity index (χ2n) is 5.90. The van der Waals surface area contributed by atoms with Crippen LogP contribution < -0.4 is 15.4 Å². The van der Waals surface area contributed by atoms with E-state index in [1.807, 2.05) is 0 Å². The number of hydrogen-bond donors (Lipinski definition) is 2. The average molecular weight is 392 g/mol. The van der Waals surface area contributed by atoms with Crippen molar-refractivity contribution in [2.24, 2.45) is 0 Å². The summed E-state index contributed by atoms with van der Waals surface area (Å²) >= 11 is 0. The van der Waals surface area contributed by atoms with Crippen LogP contribution in [0, 0.1) is 11.6 Å². The van der Waals surface area contributed by atoms with E-state index in [0.717, 1.165) is 12.1 Å². The number of halogens is 2. The standard InChI is InChI=1S/C20H22F2N2O4/c1-27-11-12-28-16-7-5-15(6-8-16)24-19(25)3-2-10-23-20(26)17-9-4-14(21)13-18(17)22/h4-9,13H,2-3,10-12H2,1H3,(H,23,26)(H,24,25). The van der Waals surface area contributed by atoms with Crippen molar-refractivity contribution in [3.8, 4) is 5.75 Å². The minimum atomic E-state index is -0.926. The van der Waals surface area contributed by atoms with E-state index in [2.05, 4.69) is 10.6 Å². The lowest BCUT2D eigenvalue weighted by atomic mass is 10.2. The van der Waals surface area contributed by atoms with Gasteiger partial charge in [-0.1, -0.05) is 0 Å². The molecule has 0 bridgehead atoms. The maximum Gasteiger partial charge on any atom is 0.254 e. The molecule has 0 saturated heterocycles. The lowest BCUT2D eigenvalue weighted by molar-refractivity contribution is -0.116. The van der Waals surface area contributed by atoms with Gasteiger partial charge in [0.15, 0.2) is 0 Å². The summed E-state index contributed by atoms with van der Waals surface area (Å²) in [6, 6.07) is 9.66. The molecule has 28 heavy (non-hydrogen) atoms. The Bertz CT molecular complexity index is 797. The summed E-state index contributed by atoms with van der Waals surface area (Å²) in [4.78, 5) is 23.8. The lowest BCUT2D eigenvalue weighted by Gasteiger charge is -2.09. The van der Waals surface area contributed by atoms with Gasteiger partial charge in [-0.2, -0.15) is 0 Å². The number of hydrogen-bond acceptors (Lipinski definition) is 4. The van der Waals surface area contributed by atoms with Crippen molar-refractivity contribution in [1.82, 2.24) is 5.32 Å². The number of methoxy groups -OCH3 is 1. The number of anilines is 1. The summed E-state index contributed by atoms with van der Waals surface area (Å²) < 4.78 is 36.7. The fourth-order valence-corrected chi connectivity index (χ4v) is 2.32. The third-order valence-electron chi connectivity index (χ3n) is 3.74. The zero-order valence-electron chi connectivity index (χ0n) is 15.5. The van der Waals surface area contributed by atoms with E-state index in [0.29, 0.717) is 37.1 Å². The Morgan fingerprint density at radius 1 is 1.04 bits per heavy atom. The zero-order chi connectivity index (χ0) is 20.4. The van der Waals surface area contributed by atoms with E-state index in [-0.39, 0.29) is 24.4 Å². The Labute approximate surface area is 161 Å². The highest BCUT2D eigenvalue weighted by atomic mass is 19.1. The summed E-state index contributed by atoms with van der Waals surface area (Å²) in [6.07, 6.45) is 0.552. The van der Waals surface area contributed by atoms with Crippen LogP contribution in [0.3, 0.4) is 0 Å². The molecule has 2 amide bonds. The van der Waals surface area contributed by atoms with Crippen LogP contribution in [-0.2, 0) is 9.53 Å². The molecular weight excluding hydrogens is 370 g/mol. The molecule has 0 aromatic heterocycles. The molecule has 150 valence electrons. The molecular formula is C20H22F2N2O4. The van der Waals surface area contributed by atoms with Crippen LogP contribution in [0.15, 0.2) is 42.5 Å². The largest absolute Gasteiger partial charge is 0.491 e. The van der Waals surface area contributed by atoms with Gasteiger partial charge in [-0.3, -0.25) is 9.59 Å². The molecule has 2 rings (SSSR count). The van der Waals surface area contributed by atoms with Crippen LogP contribution in [0.4, 0.5) is 14.5 Å². The highest BCUT2D eigenvalue weighted by molar-refractivity contribution is 5.94. The normalized spacial score (nSPS) is 10.4. The zero-order valence-corrected chi connectivity index (χ0v) is 15.5. The van der Waals surface area contributed by atoms with Crippen molar-refractivity contribution in [1.29, 1.82) is 0 Å². The number of amides is 2. The van der Waals surface area contributed by atoms with Gasteiger partial charge in [0.1, 0.15) is 24.0 Å². The van der Waals surface area contributed by atoms with E-state index < -0.39 is 17.5 Å². The first kappa shape index (κ1) is 21.3. The van der Waals surface area contributed by atoms with Crippen molar-refractivity contribution < 1.29 is 27.8 Å². The summed E-state index contributed by atoms with van der Waals surface area (Å²) in [5, 5.41) is 5.24. The monoisotopic (exact) mass is 392 g/mol. The first-order chi connectivity index (χ1) is 13.5. The topological polar surface area (TPSA) is 76.7 Å². The van der Waals surface area contributed by atoms with Gasteiger partial charge in [-0.15, -0.1) is 0 Å². The molecule has 0 spiro atoms. The average Bonchev–Trinajstić information content (AvgIpc) is 2.66. The minimum Gasteiger partial charge on any atom is -0.491 e. The number of benzene rings is 2. The molecule has 0 saturated carbocycles. The van der Waals surface area contributed by atoms with Gasteiger partial charge in [0.05, 0.1) is 12.2 Å². The number of ether oxygens (including phenoxy) is 2. The molecule has 0 heterocycles. The smallest absolute Gasteiger partial charge is 0.254 e. The van der Waals surface area contributed by atoms with Crippen LogP contribution in [0.5, 0.6) is 5.75 Å². The van der Waals surface area contributed by atoms with Gasteiger partial charge < -0.3 is 20.1 Å². The molecule has 0 aliphatic carbocycles. The Hall–Kier alpha value is -3.00. The summed E-state index contributed by atoms with van der Waals surface area (Å²) in [6.45, 7) is 1.12. The van der Waals surface area contributed by atoms with Gasteiger partial charge in [0, 0.05) is 31.8 Å². The third-order valence-corrected chi connectivity index (χ3v) is 3.74. The second-order valence-corrected chi connectivity index (χ2v) is 5.90. The molecule has 0 radical (unpaired) electrons. The van der Waals surface area contributed by atoms with Crippen molar-refractivity contribution in [2.75, 3.05) is 32.2 Å². The van der Waals surface area contributed by atoms with E-state index >= 15 is 0 Å². The highest BCUT2D eigenvalue weighted by Crippen LogP contribution is 2.16. The molecule has 0 fully saturated rings. The molecule has 6 nitrogen and oxygen atoms in total. The number of rotatable bonds is 10. The molecule has 0 aliphatic rings. The molecule has 2 aromatic rings. The molecule has 0 atom stereocenters. The fraction of sp³-hybridized carbons (Fsp3) is 0.300. The van der Waals surface area contributed by atoms with Crippen LogP contribution >= 0.6 is 0 Å². The molecule has 8 heteroatoms. The maximum atomic E-state index is 13.5. The molecule has 2 N–H and O–H groups in total. The fourth-order valence-electron chi connectivity index (χ4n) is 2.32. The van der Waals surface area contributed by atoms with Crippen molar-refractivity contribution in [2.45, 2.75) is 12.8 Å². The van der Waals surface area contributed by atoms with Crippen molar-refractivity contribution >= 4 is 17.5 Å². The lowest BCUT2D eigenvalue weighted by Crippen LogP contribution is -2.26. The van der Waals surface area contributed by atoms with Gasteiger partial charge in [-0.25, -0.2) is 8.78 Å². The maximum absolute atomic E-state index is 13.5. The van der Waals surface area contributed by atoms with Crippen LogP contribution in [0.2, 0.25) is 0 Å². The van der Waals surface area contributed by atoms with E-state index in [9.17, 15) is 18.4 Å². The predicted molar refractivity (Wildman–Crippen MR) is 100 cm³/mol. The van der Waals surface area contributed by atoms with E-state index in [4.69, 9.17) is 9.47 Å². The van der Waals surface area contributed by atoms with Gasteiger partial charge in [-0.05, 0) is 42.8 Å². The molecule has 0 aliphatic heterocycles. The van der Waals surface area contributed by atoms with E-state index in [1.165, 1.54) is 0 Å². The SMILES string of the molecule is COCCOc1ccc(NC(=O)CCCNC(=O)c2ccc(F)cc2F)cc1. The van der Waals surface area contributed by atoms with Crippen molar-refractivity contribution in [3.63, 3.8) is 0 Å². The van der Waals surface area contributed by atoms with Crippen LogP contribution in [0.1, 0.15) is 23.2 Å². The van der Waals surface area contributed by atoms with Crippen LogP contribution in [0.25, 0.3) is 0 Å². The predicted octanol–water partition coefficient (Wildman–Crippen LogP) is 3.14. The third kappa shape index (κ3) is 6.96. The second kappa shape index (κ2) is 11.0. The minimum absolute atomic E-state index is 0.179. The molecule has 0 unspecified atom stereocenters. The van der Waals surface area contributed by atoms with Gasteiger partial charge in [0.25, 0.3) is 5.91 Å². The Morgan fingerprint density at radius 3 is 2.46 bits per heavy atom. The summed E-state index contributed by atoms with van der Waals surface area (Å²) in [7, 11) is 1.59. The highest BCUT2D eigenvalue weighted by Gasteiger charge is 2.12. The Kier molecular flexibility index (Phi) is 8.36. The first-order valence-corrected chi connectivity index (χ1v) is 8.74. The van der Waals surface area contributed by atoms with Gasteiger partial charge >= 0.3 is 0 Å². The van der Waals surface area contributed by atoms with E-state index in [1.54, 1.807) is 31.4 Å².